The van der Waals surface area contributed by atoms with Crippen LogP contribution in [0.4, 0.5) is 14.9 Å². The third-order valence-electron chi connectivity index (χ3n) is 3.92. The summed E-state index contributed by atoms with van der Waals surface area (Å²) in [5, 5.41) is 5.28. The van der Waals surface area contributed by atoms with Gasteiger partial charge >= 0.3 is 6.03 Å². The number of carbonyl (C=O) groups excluding carboxylic acids is 2. The van der Waals surface area contributed by atoms with Crippen molar-refractivity contribution >= 4 is 17.6 Å². The normalized spacial score (nSPS) is 16.8. The molecule has 1 aliphatic rings. The predicted molar refractivity (Wildman–Crippen MR) is 89.3 cm³/mol. The molecule has 1 atom stereocenters. The number of aryl methyl sites for hydroxylation is 1. The Morgan fingerprint density at radius 1 is 1.36 bits per heavy atom. The molecule has 0 radical (unpaired) electrons. The van der Waals surface area contributed by atoms with E-state index in [1.165, 1.54) is 11.0 Å². The third-order valence-corrected chi connectivity index (χ3v) is 3.92. The number of amides is 3. The van der Waals surface area contributed by atoms with Gasteiger partial charge in [0, 0.05) is 12.7 Å². The Kier molecular flexibility index (Phi) is 4.87. The minimum absolute atomic E-state index is 0.229. The third kappa shape index (κ3) is 3.90. The molecule has 3 amide bonds. The predicted octanol–water partition coefficient (Wildman–Crippen LogP) is 1.53. The summed E-state index contributed by atoms with van der Waals surface area (Å²) < 4.78 is 13.8. The van der Waals surface area contributed by atoms with Gasteiger partial charge in [-0.25, -0.2) is 19.2 Å². The van der Waals surface area contributed by atoms with Gasteiger partial charge in [-0.3, -0.25) is 4.79 Å². The average Bonchev–Trinajstić information content (AvgIpc) is 2.94. The molecule has 8 heteroatoms. The highest BCUT2D eigenvalue weighted by Gasteiger charge is 2.34. The molecule has 1 saturated heterocycles. The second kappa shape index (κ2) is 7.25. The van der Waals surface area contributed by atoms with Crippen LogP contribution in [0.5, 0.6) is 0 Å². The zero-order chi connectivity index (χ0) is 17.8. The lowest BCUT2D eigenvalue weighted by Gasteiger charge is -2.18. The van der Waals surface area contributed by atoms with Crippen molar-refractivity contribution in [1.29, 1.82) is 0 Å². The summed E-state index contributed by atoms with van der Waals surface area (Å²) in [4.78, 5) is 33.9. The van der Waals surface area contributed by atoms with E-state index in [0.29, 0.717) is 24.5 Å². The summed E-state index contributed by atoms with van der Waals surface area (Å²) in [6.45, 7) is 2.35. The zero-order valence-corrected chi connectivity index (χ0v) is 13.7. The van der Waals surface area contributed by atoms with Crippen molar-refractivity contribution < 1.29 is 14.0 Å². The molecule has 0 spiro atoms. The Hall–Kier alpha value is -3.03. The number of aromatic nitrogens is 2. The van der Waals surface area contributed by atoms with E-state index in [9.17, 15) is 14.0 Å². The van der Waals surface area contributed by atoms with Gasteiger partial charge in [0.05, 0.1) is 17.9 Å². The summed E-state index contributed by atoms with van der Waals surface area (Å²) in [6.07, 6.45) is 2.04. The van der Waals surface area contributed by atoms with E-state index in [-0.39, 0.29) is 18.1 Å². The van der Waals surface area contributed by atoms with E-state index in [2.05, 4.69) is 20.6 Å². The van der Waals surface area contributed by atoms with Gasteiger partial charge in [0.25, 0.3) is 0 Å². The fraction of sp³-hybridized carbons (Fsp3) is 0.294. The maximum Gasteiger partial charge on any atom is 0.315 e. The Balaban J connectivity index is 1.56. The first-order chi connectivity index (χ1) is 12.0. The monoisotopic (exact) mass is 343 g/mol. The van der Waals surface area contributed by atoms with Crippen molar-refractivity contribution in [2.45, 2.75) is 25.9 Å². The van der Waals surface area contributed by atoms with E-state index >= 15 is 0 Å². The first-order valence-corrected chi connectivity index (χ1v) is 7.93. The molecule has 3 rings (SSSR count). The molecule has 130 valence electrons. The van der Waals surface area contributed by atoms with Crippen molar-refractivity contribution in [2.75, 3.05) is 11.4 Å². The minimum Gasteiger partial charge on any atom is -0.332 e. The van der Waals surface area contributed by atoms with Crippen molar-refractivity contribution in [1.82, 2.24) is 20.6 Å². The molecule has 1 aromatic heterocycles. The molecule has 25 heavy (non-hydrogen) atoms. The first-order valence-electron chi connectivity index (χ1n) is 7.93. The number of para-hydroxylation sites is 1. The average molecular weight is 343 g/mol. The molecule has 0 saturated carbocycles. The van der Waals surface area contributed by atoms with Crippen molar-refractivity contribution in [2.24, 2.45) is 0 Å². The largest absolute Gasteiger partial charge is 0.332 e. The molecule has 0 bridgehead atoms. The number of hydrogen-bond acceptors (Lipinski definition) is 4. The van der Waals surface area contributed by atoms with E-state index < -0.39 is 17.9 Å². The first kappa shape index (κ1) is 16.8. The molecule has 2 heterocycles. The Bertz CT molecular complexity index is 798. The SMILES string of the molecule is Cc1nccc(CNC(=O)NC2CCN(c3ccccc3F)C2=O)n1. The maximum absolute atomic E-state index is 13.8. The maximum atomic E-state index is 13.8. The number of halogens is 1. The number of urea groups is 1. The summed E-state index contributed by atoms with van der Waals surface area (Å²) in [5.41, 5.74) is 0.905. The molecule has 1 fully saturated rings. The highest BCUT2D eigenvalue weighted by molar-refractivity contribution is 6.01. The highest BCUT2D eigenvalue weighted by atomic mass is 19.1. The lowest BCUT2D eigenvalue weighted by Crippen LogP contribution is -2.46. The van der Waals surface area contributed by atoms with Crippen LogP contribution in [0.1, 0.15) is 17.9 Å². The fourth-order valence-corrected chi connectivity index (χ4v) is 2.71. The summed E-state index contributed by atoms with van der Waals surface area (Å²) >= 11 is 0. The van der Waals surface area contributed by atoms with E-state index in [1.807, 2.05) is 0 Å². The molecular formula is C17H18FN5O2. The molecule has 1 aromatic carbocycles. The quantitative estimate of drug-likeness (QED) is 0.881. The van der Waals surface area contributed by atoms with Crippen LogP contribution in [0.15, 0.2) is 36.5 Å². The second-order valence-electron chi connectivity index (χ2n) is 5.70. The minimum atomic E-state index is -0.674. The van der Waals surface area contributed by atoms with Crippen molar-refractivity contribution in [3.63, 3.8) is 0 Å². The Morgan fingerprint density at radius 2 is 2.16 bits per heavy atom. The summed E-state index contributed by atoms with van der Waals surface area (Å²) in [7, 11) is 0. The van der Waals surface area contributed by atoms with Crippen LogP contribution in [0, 0.1) is 12.7 Å². The molecule has 2 aromatic rings. The van der Waals surface area contributed by atoms with Crippen LogP contribution in [0.3, 0.4) is 0 Å². The molecule has 1 unspecified atom stereocenters. The number of nitrogens with zero attached hydrogens (tertiary/aromatic N) is 3. The van der Waals surface area contributed by atoms with Crippen LogP contribution in [0.25, 0.3) is 0 Å². The number of hydrogen-bond donors (Lipinski definition) is 2. The Labute approximate surface area is 144 Å². The Morgan fingerprint density at radius 3 is 2.92 bits per heavy atom. The standard InChI is InChI=1S/C17H18FN5O2/c1-11-19-8-6-12(21-11)10-20-17(25)22-14-7-9-23(16(14)24)15-5-3-2-4-13(15)18/h2-6,8,14H,7,9-10H2,1H3,(H2,20,22,25). The van der Waals surface area contributed by atoms with Crippen LogP contribution in [0.2, 0.25) is 0 Å². The molecule has 1 aliphatic heterocycles. The number of nitrogens with one attached hydrogen (secondary N) is 2. The lowest BCUT2D eigenvalue weighted by molar-refractivity contribution is -0.118. The number of rotatable bonds is 4. The van der Waals surface area contributed by atoms with Gasteiger partial charge in [0.2, 0.25) is 5.91 Å². The summed E-state index contributed by atoms with van der Waals surface area (Å²) in [5.74, 6) is -0.163. The van der Waals surface area contributed by atoms with Crippen LogP contribution in [-0.4, -0.2) is 34.5 Å². The lowest BCUT2D eigenvalue weighted by atomic mass is 10.2. The number of anilines is 1. The van der Waals surface area contributed by atoms with Crippen LogP contribution >= 0.6 is 0 Å². The van der Waals surface area contributed by atoms with Gasteiger partial charge < -0.3 is 15.5 Å². The molecule has 7 nitrogen and oxygen atoms in total. The second-order valence-corrected chi connectivity index (χ2v) is 5.70. The van der Waals surface area contributed by atoms with Crippen molar-refractivity contribution in [3.05, 3.63) is 53.9 Å². The van der Waals surface area contributed by atoms with Gasteiger partial charge in [-0.05, 0) is 31.5 Å². The van der Waals surface area contributed by atoms with Gasteiger partial charge in [0.15, 0.2) is 0 Å². The van der Waals surface area contributed by atoms with E-state index in [1.54, 1.807) is 37.4 Å². The molecular weight excluding hydrogens is 325 g/mol. The van der Waals surface area contributed by atoms with Gasteiger partial charge in [-0.1, -0.05) is 12.1 Å². The van der Waals surface area contributed by atoms with Crippen molar-refractivity contribution in [3.8, 4) is 0 Å². The molecule has 2 N–H and O–H groups in total. The smallest absolute Gasteiger partial charge is 0.315 e. The number of benzene rings is 1. The number of carbonyl (C=O) groups is 2. The highest BCUT2D eigenvalue weighted by Crippen LogP contribution is 2.24. The van der Waals surface area contributed by atoms with Gasteiger partial charge in [-0.2, -0.15) is 0 Å². The van der Waals surface area contributed by atoms with E-state index in [0.717, 1.165) is 0 Å². The van der Waals surface area contributed by atoms with Crippen LogP contribution < -0.4 is 15.5 Å². The van der Waals surface area contributed by atoms with E-state index in [4.69, 9.17) is 0 Å². The zero-order valence-electron chi connectivity index (χ0n) is 13.7. The molecule has 0 aliphatic carbocycles. The van der Waals surface area contributed by atoms with Gasteiger partial charge in [0.1, 0.15) is 17.7 Å². The van der Waals surface area contributed by atoms with Gasteiger partial charge in [-0.15, -0.1) is 0 Å². The summed E-state index contributed by atoms with van der Waals surface area (Å²) in [6, 6.07) is 6.65. The topological polar surface area (TPSA) is 87.2 Å². The van der Waals surface area contributed by atoms with Crippen LogP contribution in [-0.2, 0) is 11.3 Å². The fourth-order valence-electron chi connectivity index (χ4n) is 2.71.